The van der Waals surface area contributed by atoms with Crippen LogP contribution in [0.15, 0.2) is 48.5 Å². The van der Waals surface area contributed by atoms with E-state index in [0.717, 1.165) is 5.56 Å². The van der Waals surface area contributed by atoms with Gasteiger partial charge in [0, 0.05) is 5.56 Å². The SMILES string of the molecule is CCOC(=O)[C@@]1(c2ccc(C)cc2)Nc2ccccc2C(=O)O1. The first-order valence-electron chi connectivity index (χ1n) is 7.42. The predicted molar refractivity (Wildman–Crippen MR) is 85.0 cm³/mol. The predicted octanol–water partition coefficient (Wildman–Crippen LogP) is 2.99. The van der Waals surface area contributed by atoms with Crippen LogP contribution in [0.25, 0.3) is 0 Å². The Kier molecular flexibility index (Phi) is 3.78. The number of aryl methyl sites for hydroxylation is 1. The number of ether oxygens (including phenoxy) is 2. The van der Waals surface area contributed by atoms with Gasteiger partial charge in [0.1, 0.15) is 0 Å². The van der Waals surface area contributed by atoms with E-state index in [1.165, 1.54) is 0 Å². The zero-order chi connectivity index (χ0) is 16.4. The molecule has 0 amide bonds. The fourth-order valence-corrected chi connectivity index (χ4v) is 2.54. The molecule has 5 heteroatoms. The summed E-state index contributed by atoms with van der Waals surface area (Å²) >= 11 is 0. The summed E-state index contributed by atoms with van der Waals surface area (Å²) in [7, 11) is 0. The average molecular weight is 311 g/mol. The summed E-state index contributed by atoms with van der Waals surface area (Å²) in [5, 5.41) is 3.04. The van der Waals surface area contributed by atoms with Crippen molar-refractivity contribution in [1.82, 2.24) is 0 Å². The monoisotopic (exact) mass is 311 g/mol. The number of anilines is 1. The molecule has 2 aromatic carbocycles. The lowest BCUT2D eigenvalue weighted by atomic mass is 9.98. The van der Waals surface area contributed by atoms with Gasteiger partial charge in [0.25, 0.3) is 0 Å². The van der Waals surface area contributed by atoms with Crippen LogP contribution in [0.1, 0.15) is 28.4 Å². The van der Waals surface area contributed by atoms with Crippen molar-refractivity contribution in [3.63, 3.8) is 0 Å². The van der Waals surface area contributed by atoms with Gasteiger partial charge in [-0.1, -0.05) is 42.0 Å². The second-order valence-electron chi connectivity index (χ2n) is 5.33. The van der Waals surface area contributed by atoms with Gasteiger partial charge in [0.2, 0.25) is 0 Å². The number of benzene rings is 2. The normalized spacial score (nSPS) is 19.3. The summed E-state index contributed by atoms with van der Waals surface area (Å²) in [4.78, 5) is 25.0. The van der Waals surface area contributed by atoms with Gasteiger partial charge in [-0.25, -0.2) is 9.59 Å². The Morgan fingerprint density at radius 3 is 2.57 bits per heavy atom. The largest absolute Gasteiger partial charge is 0.461 e. The molecule has 0 unspecified atom stereocenters. The highest BCUT2D eigenvalue weighted by Crippen LogP contribution is 2.36. The van der Waals surface area contributed by atoms with Gasteiger partial charge >= 0.3 is 17.7 Å². The van der Waals surface area contributed by atoms with E-state index in [1.54, 1.807) is 43.3 Å². The van der Waals surface area contributed by atoms with Crippen LogP contribution in [0.4, 0.5) is 5.69 Å². The Morgan fingerprint density at radius 2 is 1.87 bits per heavy atom. The number of carbonyl (C=O) groups excluding carboxylic acids is 2. The molecule has 0 radical (unpaired) electrons. The minimum Gasteiger partial charge on any atom is -0.461 e. The maximum Gasteiger partial charge on any atom is 0.377 e. The third-order valence-corrected chi connectivity index (χ3v) is 3.72. The highest BCUT2D eigenvalue weighted by atomic mass is 16.6. The molecule has 23 heavy (non-hydrogen) atoms. The van der Waals surface area contributed by atoms with Crippen LogP contribution in [-0.4, -0.2) is 18.5 Å². The number of carbonyl (C=O) groups is 2. The van der Waals surface area contributed by atoms with Crippen LogP contribution in [-0.2, 0) is 20.0 Å². The van der Waals surface area contributed by atoms with Crippen molar-refractivity contribution in [2.24, 2.45) is 0 Å². The summed E-state index contributed by atoms with van der Waals surface area (Å²) in [5.74, 6) is -1.21. The molecule has 118 valence electrons. The topological polar surface area (TPSA) is 64.6 Å². The van der Waals surface area contributed by atoms with Crippen LogP contribution >= 0.6 is 0 Å². The molecule has 1 N–H and O–H groups in total. The summed E-state index contributed by atoms with van der Waals surface area (Å²) in [6, 6.07) is 14.1. The van der Waals surface area contributed by atoms with E-state index in [-0.39, 0.29) is 6.61 Å². The second-order valence-corrected chi connectivity index (χ2v) is 5.33. The Morgan fingerprint density at radius 1 is 1.17 bits per heavy atom. The Labute approximate surface area is 134 Å². The first kappa shape index (κ1) is 15.1. The van der Waals surface area contributed by atoms with E-state index in [4.69, 9.17) is 9.47 Å². The van der Waals surface area contributed by atoms with Crippen LogP contribution in [0, 0.1) is 6.92 Å². The van der Waals surface area contributed by atoms with Crippen LogP contribution in [0.5, 0.6) is 0 Å². The van der Waals surface area contributed by atoms with E-state index < -0.39 is 17.7 Å². The second kappa shape index (κ2) is 5.76. The lowest BCUT2D eigenvalue weighted by Crippen LogP contribution is -2.51. The number of cyclic esters (lactones) is 1. The Hall–Kier alpha value is -2.82. The zero-order valence-corrected chi connectivity index (χ0v) is 13.0. The van der Waals surface area contributed by atoms with E-state index in [1.807, 2.05) is 19.1 Å². The summed E-state index contributed by atoms with van der Waals surface area (Å²) in [6.07, 6.45) is 0. The van der Waals surface area contributed by atoms with Crippen molar-refractivity contribution < 1.29 is 19.1 Å². The van der Waals surface area contributed by atoms with Crippen molar-refractivity contribution in [1.29, 1.82) is 0 Å². The lowest BCUT2D eigenvalue weighted by Gasteiger charge is -2.36. The molecule has 1 aliphatic heterocycles. The minimum absolute atomic E-state index is 0.188. The van der Waals surface area contributed by atoms with Gasteiger partial charge in [-0.15, -0.1) is 0 Å². The lowest BCUT2D eigenvalue weighted by molar-refractivity contribution is -0.164. The van der Waals surface area contributed by atoms with Crippen LogP contribution in [0.2, 0.25) is 0 Å². The molecule has 0 fully saturated rings. The molecular weight excluding hydrogens is 294 g/mol. The van der Waals surface area contributed by atoms with Crippen LogP contribution in [0.3, 0.4) is 0 Å². The van der Waals surface area contributed by atoms with Crippen molar-refractivity contribution in [2.75, 3.05) is 11.9 Å². The van der Waals surface area contributed by atoms with Crippen molar-refractivity contribution in [3.05, 3.63) is 65.2 Å². The van der Waals surface area contributed by atoms with Gasteiger partial charge in [-0.05, 0) is 26.0 Å². The molecule has 0 spiro atoms. The fourth-order valence-electron chi connectivity index (χ4n) is 2.54. The van der Waals surface area contributed by atoms with Gasteiger partial charge in [-0.2, -0.15) is 0 Å². The molecule has 1 atom stereocenters. The first-order valence-corrected chi connectivity index (χ1v) is 7.42. The molecule has 1 heterocycles. The minimum atomic E-state index is -1.67. The number of nitrogens with one attached hydrogen (secondary N) is 1. The van der Waals surface area contributed by atoms with Crippen molar-refractivity contribution in [3.8, 4) is 0 Å². The molecule has 0 bridgehead atoms. The number of fused-ring (bicyclic) bond motifs is 1. The Bertz CT molecular complexity index is 754. The Balaban J connectivity index is 2.13. The standard InChI is InChI=1S/C18H17NO4/c1-3-22-17(21)18(13-10-8-12(2)9-11-13)19-15-7-5-4-6-14(15)16(20)23-18/h4-11,19H,3H2,1-2H3/t18-/m0/s1. The van der Waals surface area contributed by atoms with Crippen molar-refractivity contribution in [2.45, 2.75) is 19.6 Å². The molecule has 0 aliphatic carbocycles. The van der Waals surface area contributed by atoms with E-state index in [9.17, 15) is 9.59 Å². The van der Waals surface area contributed by atoms with E-state index in [2.05, 4.69) is 5.32 Å². The fraction of sp³-hybridized carbons (Fsp3) is 0.222. The molecular formula is C18H17NO4. The maximum absolute atomic E-state index is 12.6. The van der Waals surface area contributed by atoms with Gasteiger partial charge in [0.05, 0.1) is 17.9 Å². The molecule has 0 saturated carbocycles. The van der Waals surface area contributed by atoms with Crippen LogP contribution < -0.4 is 5.32 Å². The van der Waals surface area contributed by atoms with Crippen molar-refractivity contribution >= 4 is 17.6 Å². The number of hydrogen-bond acceptors (Lipinski definition) is 5. The highest BCUT2D eigenvalue weighted by molar-refractivity contribution is 6.02. The number of para-hydroxylation sites is 1. The molecule has 3 rings (SSSR count). The summed E-state index contributed by atoms with van der Waals surface area (Å²) in [6.45, 7) is 3.84. The third-order valence-electron chi connectivity index (χ3n) is 3.72. The molecule has 5 nitrogen and oxygen atoms in total. The molecule has 0 aromatic heterocycles. The first-order chi connectivity index (χ1) is 11.1. The molecule has 2 aromatic rings. The number of hydrogen-bond donors (Lipinski definition) is 1. The van der Waals surface area contributed by atoms with E-state index >= 15 is 0 Å². The number of rotatable bonds is 3. The zero-order valence-electron chi connectivity index (χ0n) is 13.0. The van der Waals surface area contributed by atoms with Gasteiger partial charge in [-0.3, -0.25) is 0 Å². The van der Waals surface area contributed by atoms with Gasteiger partial charge in [0.15, 0.2) is 0 Å². The average Bonchev–Trinajstić information content (AvgIpc) is 2.55. The molecule has 1 aliphatic rings. The van der Waals surface area contributed by atoms with Gasteiger partial charge < -0.3 is 14.8 Å². The maximum atomic E-state index is 12.6. The summed E-state index contributed by atoms with van der Waals surface area (Å²) < 4.78 is 10.7. The number of esters is 2. The molecule has 0 saturated heterocycles. The van der Waals surface area contributed by atoms with E-state index in [0.29, 0.717) is 16.8 Å². The highest BCUT2D eigenvalue weighted by Gasteiger charge is 2.49. The quantitative estimate of drug-likeness (QED) is 0.883. The summed E-state index contributed by atoms with van der Waals surface area (Å²) in [5.41, 5.74) is 0.811. The smallest absolute Gasteiger partial charge is 0.377 e. The third kappa shape index (κ3) is 2.54.